The number of amides is 1. The summed E-state index contributed by atoms with van der Waals surface area (Å²) in [5.74, 6) is -0.250. The van der Waals surface area contributed by atoms with Crippen molar-refractivity contribution in [1.82, 2.24) is 10.3 Å². The first kappa shape index (κ1) is 17.8. The summed E-state index contributed by atoms with van der Waals surface area (Å²) in [5.41, 5.74) is 1.47. The molecule has 1 aliphatic heterocycles. The van der Waals surface area contributed by atoms with Crippen molar-refractivity contribution in [3.05, 3.63) is 64.6 Å². The highest BCUT2D eigenvalue weighted by molar-refractivity contribution is 6.30. The van der Waals surface area contributed by atoms with Gasteiger partial charge in [-0.05, 0) is 42.3 Å². The number of aromatic nitrogens is 1. The fraction of sp³-hybridized carbons (Fsp3) is 0.250. The van der Waals surface area contributed by atoms with Crippen LogP contribution in [-0.2, 0) is 4.74 Å². The lowest BCUT2D eigenvalue weighted by molar-refractivity contribution is 0.0818. The van der Waals surface area contributed by atoms with Crippen molar-refractivity contribution in [1.29, 1.82) is 0 Å². The molecule has 0 unspecified atom stereocenters. The smallest absolute Gasteiger partial charge is 0.268 e. The van der Waals surface area contributed by atoms with Gasteiger partial charge in [-0.2, -0.15) is 0 Å². The second-order valence-electron chi connectivity index (χ2n) is 6.43. The van der Waals surface area contributed by atoms with Gasteiger partial charge in [-0.15, -0.1) is 0 Å². The SMILES string of the molecule is COc1ccc(F)c2[nH]c(C(=O)N[C@@H]3CCO[C@@H]3c3ccc(Cl)cc3)cc12. The molecular formula is C20H18ClFN2O3. The van der Waals surface area contributed by atoms with Crippen LogP contribution in [0.1, 0.15) is 28.6 Å². The van der Waals surface area contributed by atoms with Crippen LogP contribution >= 0.6 is 11.6 Å². The third-order valence-corrected chi connectivity index (χ3v) is 5.03. The molecule has 0 saturated carbocycles. The van der Waals surface area contributed by atoms with Gasteiger partial charge in [0, 0.05) is 17.0 Å². The highest BCUT2D eigenvalue weighted by Crippen LogP contribution is 2.31. The predicted octanol–water partition coefficient (Wildman–Crippen LogP) is 4.23. The molecule has 140 valence electrons. The number of halogens is 2. The normalized spacial score (nSPS) is 19.4. The fourth-order valence-corrected chi connectivity index (χ4v) is 3.55. The minimum atomic E-state index is -0.437. The van der Waals surface area contributed by atoms with E-state index in [0.717, 1.165) is 5.56 Å². The van der Waals surface area contributed by atoms with Gasteiger partial charge >= 0.3 is 0 Å². The van der Waals surface area contributed by atoms with Gasteiger partial charge in [-0.25, -0.2) is 4.39 Å². The molecule has 0 radical (unpaired) electrons. The van der Waals surface area contributed by atoms with E-state index in [1.165, 1.54) is 19.2 Å². The van der Waals surface area contributed by atoms with Gasteiger partial charge in [0.1, 0.15) is 23.4 Å². The van der Waals surface area contributed by atoms with Gasteiger partial charge in [0.25, 0.3) is 5.91 Å². The molecule has 1 aliphatic rings. The van der Waals surface area contributed by atoms with Crippen molar-refractivity contribution in [2.75, 3.05) is 13.7 Å². The van der Waals surface area contributed by atoms with E-state index in [1.807, 2.05) is 12.1 Å². The first-order valence-electron chi connectivity index (χ1n) is 8.60. The van der Waals surface area contributed by atoms with Gasteiger partial charge in [0.2, 0.25) is 0 Å². The molecule has 2 atom stereocenters. The van der Waals surface area contributed by atoms with Crippen molar-refractivity contribution in [2.45, 2.75) is 18.6 Å². The second-order valence-corrected chi connectivity index (χ2v) is 6.87. The molecule has 1 amide bonds. The number of hydrogen-bond acceptors (Lipinski definition) is 3. The average Bonchev–Trinajstić information content (AvgIpc) is 3.31. The van der Waals surface area contributed by atoms with E-state index in [0.29, 0.717) is 29.2 Å². The topological polar surface area (TPSA) is 63.4 Å². The summed E-state index contributed by atoms with van der Waals surface area (Å²) < 4.78 is 25.1. The van der Waals surface area contributed by atoms with Gasteiger partial charge in [-0.1, -0.05) is 23.7 Å². The summed E-state index contributed by atoms with van der Waals surface area (Å²) in [7, 11) is 1.51. The Hall–Kier alpha value is -2.57. The number of fused-ring (bicyclic) bond motifs is 1. The van der Waals surface area contributed by atoms with E-state index in [2.05, 4.69) is 10.3 Å². The van der Waals surface area contributed by atoms with E-state index in [1.54, 1.807) is 18.2 Å². The number of rotatable bonds is 4. The Balaban J connectivity index is 1.57. The zero-order valence-corrected chi connectivity index (χ0v) is 15.3. The maximum Gasteiger partial charge on any atom is 0.268 e. The Morgan fingerprint density at radius 2 is 2.07 bits per heavy atom. The molecule has 2 N–H and O–H groups in total. The Bertz CT molecular complexity index is 987. The highest BCUT2D eigenvalue weighted by Gasteiger charge is 2.31. The van der Waals surface area contributed by atoms with E-state index in [-0.39, 0.29) is 29.3 Å². The number of carbonyl (C=O) groups excluding carboxylic acids is 1. The van der Waals surface area contributed by atoms with Crippen LogP contribution in [0.2, 0.25) is 5.02 Å². The molecular weight excluding hydrogens is 371 g/mol. The van der Waals surface area contributed by atoms with E-state index >= 15 is 0 Å². The molecule has 4 rings (SSSR count). The Morgan fingerprint density at radius 1 is 1.30 bits per heavy atom. The Labute approximate surface area is 160 Å². The standard InChI is InChI=1S/C20H18ClFN2O3/c1-26-17-7-6-14(22)18-13(17)10-16(23-18)20(25)24-15-8-9-27-19(15)11-2-4-12(21)5-3-11/h2-7,10,15,19,23H,8-9H2,1H3,(H,24,25)/t15-,19-/m1/s1. The second kappa shape index (κ2) is 7.21. The maximum atomic E-state index is 14.1. The summed E-state index contributed by atoms with van der Waals surface area (Å²) in [6.45, 7) is 0.549. The van der Waals surface area contributed by atoms with Crippen molar-refractivity contribution >= 4 is 28.4 Å². The predicted molar refractivity (Wildman–Crippen MR) is 101 cm³/mol. The van der Waals surface area contributed by atoms with Crippen LogP contribution in [0.3, 0.4) is 0 Å². The molecule has 1 saturated heterocycles. The number of benzene rings is 2. The molecule has 2 aromatic carbocycles. The van der Waals surface area contributed by atoms with Crippen molar-refractivity contribution < 1.29 is 18.7 Å². The van der Waals surface area contributed by atoms with Crippen LogP contribution in [0.25, 0.3) is 10.9 Å². The first-order valence-corrected chi connectivity index (χ1v) is 8.98. The third-order valence-electron chi connectivity index (χ3n) is 4.77. The molecule has 3 aromatic rings. The van der Waals surface area contributed by atoms with Crippen LogP contribution in [-0.4, -0.2) is 30.6 Å². The van der Waals surface area contributed by atoms with Crippen LogP contribution in [0.4, 0.5) is 4.39 Å². The summed E-state index contributed by atoms with van der Waals surface area (Å²) in [5, 5.41) is 4.16. The van der Waals surface area contributed by atoms with E-state index in [9.17, 15) is 9.18 Å². The number of aromatic amines is 1. The van der Waals surface area contributed by atoms with Gasteiger partial charge < -0.3 is 19.8 Å². The van der Waals surface area contributed by atoms with Crippen LogP contribution in [0, 0.1) is 5.82 Å². The highest BCUT2D eigenvalue weighted by atomic mass is 35.5. The number of carbonyl (C=O) groups is 1. The summed E-state index contributed by atoms with van der Waals surface area (Å²) in [6.07, 6.45) is 0.443. The molecule has 0 spiro atoms. The molecule has 5 nitrogen and oxygen atoms in total. The average molecular weight is 389 g/mol. The fourth-order valence-electron chi connectivity index (χ4n) is 3.42. The lowest BCUT2D eigenvalue weighted by Crippen LogP contribution is -2.37. The molecule has 0 aliphatic carbocycles. The molecule has 1 aromatic heterocycles. The Morgan fingerprint density at radius 3 is 2.81 bits per heavy atom. The van der Waals surface area contributed by atoms with Gasteiger partial charge in [-0.3, -0.25) is 4.79 Å². The zero-order valence-electron chi connectivity index (χ0n) is 14.6. The molecule has 7 heteroatoms. The Kier molecular flexibility index (Phi) is 4.76. The van der Waals surface area contributed by atoms with Crippen molar-refractivity contribution in [2.24, 2.45) is 0 Å². The van der Waals surface area contributed by atoms with Gasteiger partial charge in [0.05, 0.1) is 18.7 Å². The van der Waals surface area contributed by atoms with Crippen molar-refractivity contribution in [3.63, 3.8) is 0 Å². The zero-order chi connectivity index (χ0) is 19.0. The maximum absolute atomic E-state index is 14.1. The largest absolute Gasteiger partial charge is 0.496 e. The monoisotopic (exact) mass is 388 g/mol. The molecule has 1 fully saturated rings. The lowest BCUT2D eigenvalue weighted by Gasteiger charge is -2.20. The lowest BCUT2D eigenvalue weighted by atomic mass is 10.0. The summed E-state index contributed by atoms with van der Waals surface area (Å²) >= 11 is 5.94. The first-order chi connectivity index (χ1) is 13.1. The van der Waals surface area contributed by atoms with Crippen molar-refractivity contribution in [3.8, 4) is 5.75 Å². The number of nitrogens with one attached hydrogen (secondary N) is 2. The van der Waals surface area contributed by atoms with E-state index in [4.69, 9.17) is 21.1 Å². The minimum Gasteiger partial charge on any atom is -0.496 e. The summed E-state index contributed by atoms with van der Waals surface area (Å²) in [6, 6.07) is 11.6. The summed E-state index contributed by atoms with van der Waals surface area (Å²) in [4.78, 5) is 15.6. The minimum absolute atomic E-state index is 0.183. The quantitative estimate of drug-likeness (QED) is 0.703. The van der Waals surface area contributed by atoms with Gasteiger partial charge in [0.15, 0.2) is 0 Å². The third kappa shape index (κ3) is 3.38. The molecule has 27 heavy (non-hydrogen) atoms. The van der Waals surface area contributed by atoms with Crippen LogP contribution < -0.4 is 10.1 Å². The molecule has 2 heterocycles. The van der Waals surface area contributed by atoms with Crippen LogP contribution in [0.15, 0.2) is 42.5 Å². The number of methoxy groups -OCH3 is 1. The number of hydrogen-bond donors (Lipinski definition) is 2. The van der Waals surface area contributed by atoms with E-state index < -0.39 is 5.82 Å². The number of ether oxygens (including phenoxy) is 2. The van der Waals surface area contributed by atoms with Crippen LogP contribution in [0.5, 0.6) is 5.75 Å². The number of H-pyrrole nitrogens is 1. The molecule has 0 bridgehead atoms.